The summed E-state index contributed by atoms with van der Waals surface area (Å²) in [4.78, 5) is 10.3. The van der Waals surface area contributed by atoms with Crippen LogP contribution in [0.15, 0.2) is 24.3 Å². The van der Waals surface area contributed by atoms with Gasteiger partial charge in [-0.05, 0) is 12.5 Å². The Morgan fingerprint density at radius 2 is 1.92 bits per heavy atom. The van der Waals surface area contributed by atoms with Crippen LogP contribution in [0.5, 0.6) is 0 Å². The van der Waals surface area contributed by atoms with E-state index in [-0.39, 0.29) is 37.4 Å². The zero-order valence-electron chi connectivity index (χ0n) is 8.37. The van der Waals surface area contributed by atoms with Crippen molar-refractivity contribution in [1.29, 1.82) is 0 Å². The van der Waals surface area contributed by atoms with Crippen LogP contribution in [0.25, 0.3) is 0 Å². The molecule has 12 heavy (non-hydrogen) atoms. The second-order valence-corrected chi connectivity index (χ2v) is 2.56. The normalized spacial score (nSPS) is 8.75. The molecule has 0 aromatic heterocycles. The number of hydrogen-bond acceptors (Lipinski definition) is 1. The van der Waals surface area contributed by atoms with Crippen molar-refractivity contribution in [2.75, 3.05) is 0 Å². The van der Waals surface area contributed by atoms with Crippen LogP contribution in [0.3, 0.4) is 0 Å². The molecular formula is C9H11NaO2. The van der Waals surface area contributed by atoms with Gasteiger partial charge in [0, 0.05) is 0 Å². The molecule has 0 heterocycles. The molecule has 0 aliphatic rings. The third kappa shape index (κ3) is 3.90. The monoisotopic (exact) mass is 174 g/mol. The fourth-order valence-corrected chi connectivity index (χ4v) is 0.881. The summed E-state index contributed by atoms with van der Waals surface area (Å²) >= 11 is 0. The van der Waals surface area contributed by atoms with E-state index in [0.29, 0.717) is 0 Å². The maximum absolute atomic E-state index is 10.3. The molecule has 0 saturated heterocycles. The van der Waals surface area contributed by atoms with E-state index in [1.54, 1.807) is 0 Å². The van der Waals surface area contributed by atoms with Gasteiger partial charge in [0.15, 0.2) is 0 Å². The zero-order valence-corrected chi connectivity index (χ0v) is 9.37. The molecule has 0 aliphatic heterocycles. The van der Waals surface area contributed by atoms with E-state index in [1.807, 2.05) is 31.2 Å². The molecule has 0 aliphatic carbocycles. The summed E-state index contributed by atoms with van der Waals surface area (Å²) in [5.74, 6) is -0.783. The SMILES string of the molecule is Cc1ccc(CC(=O)O)cc1.[H-].[Na+]. The number of carbonyl (C=O) groups is 1. The molecule has 0 radical (unpaired) electrons. The van der Waals surface area contributed by atoms with Crippen LogP contribution in [0.4, 0.5) is 0 Å². The van der Waals surface area contributed by atoms with Gasteiger partial charge >= 0.3 is 35.5 Å². The van der Waals surface area contributed by atoms with Crippen LogP contribution >= 0.6 is 0 Å². The van der Waals surface area contributed by atoms with Crippen molar-refractivity contribution in [3.63, 3.8) is 0 Å². The summed E-state index contributed by atoms with van der Waals surface area (Å²) in [6.45, 7) is 1.98. The summed E-state index contributed by atoms with van der Waals surface area (Å²) in [6, 6.07) is 7.50. The topological polar surface area (TPSA) is 37.3 Å². The molecule has 3 heteroatoms. The van der Waals surface area contributed by atoms with Crippen molar-refractivity contribution >= 4 is 5.97 Å². The number of aliphatic carboxylic acids is 1. The van der Waals surface area contributed by atoms with Gasteiger partial charge in [-0.1, -0.05) is 29.8 Å². The Kier molecular flexibility index (Phi) is 5.22. The van der Waals surface area contributed by atoms with E-state index in [2.05, 4.69) is 0 Å². The molecule has 0 amide bonds. The van der Waals surface area contributed by atoms with Crippen molar-refractivity contribution in [1.82, 2.24) is 0 Å². The number of rotatable bonds is 2. The van der Waals surface area contributed by atoms with Crippen LogP contribution in [0, 0.1) is 6.92 Å². The van der Waals surface area contributed by atoms with Crippen molar-refractivity contribution in [2.45, 2.75) is 13.3 Å². The quantitative estimate of drug-likeness (QED) is 0.568. The molecule has 0 atom stereocenters. The first-order valence-electron chi connectivity index (χ1n) is 3.46. The van der Waals surface area contributed by atoms with Gasteiger partial charge in [-0.3, -0.25) is 4.79 Å². The standard InChI is InChI=1S/C9H10O2.Na.H/c1-7-2-4-8(5-3-7)6-9(10)11;;/h2-5H,6H2,1H3,(H,10,11);;/q;+1;-1. The summed E-state index contributed by atoms with van der Waals surface area (Å²) in [6.07, 6.45) is 0.111. The van der Waals surface area contributed by atoms with Gasteiger partial charge in [-0.25, -0.2) is 0 Å². The maximum atomic E-state index is 10.3. The largest absolute Gasteiger partial charge is 1.00 e. The Labute approximate surface area is 95.4 Å². The molecular weight excluding hydrogens is 163 g/mol. The maximum Gasteiger partial charge on any atom is 1.00 e. The van der Waals surface area contributed by atoms with E-state index in [0.717, 1.165) is 11.1 Å². The number of benzene rings is 1. The van der Waals surface area contributed by atoms with E-state index in [1.165, 1.54) is 0 Å². The van der Waals surface area contributed by atoms with Crippen molar-refractivity contribution in [3.05, 3.63) is 35.4 Å². The van der Waals surface area contributed by atoms with Gasteiger partial charge in [-0.2, -0.15) is 0 Å². The smallest absolute Gasteiger partial charge is 1.00 e. The van der Waals surface area contributed by atoms with Crippen molar-refractivity contribution < 1.29 is 40.9 Å². The van der Waals surface area contributed by atoms with Gasteiger partial charge < -0.3 is 6.53 Å². The molecule has 0 unspecified atom stereocenters. The Hall–Kier alpha value is -0.310. The molecule has 0 bridgehead atoms. The average molecular weight is 174 g/mol. The molecule has 60 valence electrons. The molecule has 2 nitrogen and oxygen atoms in total. The molecule has 1 rings (SSSR count). The average Bonchev–Trinajstić information content (AvgIpc) is 1.93. The second-order valence-electron chi connectivity index (χ2n) is 2.56. The van der Waals surface area contributed by atoms with Gasteiger partial charge in [0.25, 0.3) is 0 Å². The minimum absolute atomic E-state index is 0. The van der Waals surface area contributed by atoms with Crippen LogP contribution in [-0.4, -0.2) is 11.1 Å². The first kappa shape index (κ1) is 11.7. The fourth-order valence-electron chi connectivity index (χ4n) is 0.881. The Bertz CT molecular complexity index is 259. The van der Waals surface area contributed by atoms with Crippen molar-refractivity contribution in [3.8, 4) is 0 Å². The Balaban J connectivity index is 0. The molecule has 1 aromatic rings. The van der Waals surface area contributed by atoms with E-state index in [4.69, 9.17) is 5.11 Å². The molecule has 1 aromatic carbocycles. The Morgan fingerprint density at radius 1 is 1.42 bits per heavy atom. The van der Waals surface area contributed by atoms with Crippen LogP contribution < -0.4 is 29.6 Å². The van der Waals surface area contributed by atoms with Crippen LogP contribution in [0.2, 0.25) is 0 Å². The van der Waals surface area contributed by atoms with Gasteiger partial charge in [0.1, 0.15) is 0 Å². The van der Waals surface area contributed by atoms with Gasteiger partial charge in [0.05, 0.1) is 6.42 Å². The number of carboxylic acid groups (broad SMARTS) is 1. The first-order chi connectivity index (χ1) is 5.18. The zero-order chi connectivity index (χ0) is 8.27. The number of hydrogen-bond donors (Lipinski definition) is 1. The fraction of sp³-hybridized carbons (Fsp3) is 0.222. The predicted octanol–water partition coefficient (Wildman–Crippen LogP) is -1.26. The van der Waals surface area contributed by atoms with Gasteiger partial charge in [0.2, 0.25) is 0 Å². The summed E-state index contributed by atoms with van der Waals surface area (Å²) < 4.78 is 0. The number of carboxylic acids is 1. The van der Waals surface area contributed by atoms with Gasteiger partial charge in [-0.15, -0.1) is 0 Å². The number of aryl methyl sites for hydroxylation is 1. The van der Waals surface area contributed by atoms with Crippen molar-refractivity contribution in [2.24, 2.45) is 0 Å². The second kappa shape index (κ2) is 5.36. The Morgan fingerprint density at radius 3 is 2.33 bits per heavy atom. The molecule has 0 fully saturated rings. The molecule has 1 N–H and O–H groups in total. The minimum Gasteiger partial charge on any atom is -1.00 e. The summed E-state index contributed by atoms with van der Waals surface area (Å²) in [5, 5.41) is 8.44. The van der Waals surface area contributed by atoms with E-state index in [9.17, 15) is 4.79 Å². The first-order valence-corrected chi connectivity index (χ1v) is 3.46. The minimum atomic E-state index is -0.783. The predicted molar refractivity (Wildman–Crippen MR) is 43.6 cm³/mol. The van der Waals surface area contributed by atoms with E-state index < -0.39 is 5.97 Å². The van der Waals surface area contributed by atoms with Crippen LogP contribution in [0.1, 0.15) is 12.6 Å². The summed E-state index contributed by atoms with van der Waals surface area (Å²) in [5.41, 5.74) is 2.00. The molecule has 0 spiro atoms. The third-order valence-corrected chi connectivity index (χ3v) is 1.48. The van der Waals surface area contributed by atoms with Crippen LogP contribution in [-0.2, 0) is 11.2 Å². The van der Waals surface area contributed by atoms with E-state index >= 15 is 0 Å². The third-order valence-electron chi connectivity index (χ3n) is 1.48. The summed E-state index contributed by atoms with van der Waals surface area (Å²) in [7, 11) is 0. The molecule has 0 saturated carbocycles.